The van der Waals surface area contributed by atoms with Crippen LogP contribution in [0.25, 0.3) is 0 Å². The Bertz CT molecular complexity index is 382. The van der Waals surface area contributed by atoms with Crippen LogP contribution < -0.4 is 15.5 Å². The van der Waals surface area contributed by atoms with Crippen LogP contribution in [-0.2, 0) is 9.59 Å². The average molecular weight is 296 g/mol. The average Bonchev–Trinajstić information content (AvgIpc) is 3.18. The van der Waals surface area contributed by atoms with Crippen molar-refractivity contribution >= 4 is 11.8 Å². The van der Waals surface area contributed by atoms with Crippen LogP contribution in [0.2, 0.25) is 0 Å². The molecule has 0 aromatic carbocycles. The molecule has 2 rings (SSSR count). The van der Waals surface area contributed by atoms with E-state index in [1.54, 1.807) is 0 Å². The van der Waals surface area contributed by atoms with Crippen LogP contribution in [0.4, 0.5) is 0 Å². The molecule has 0 aromatic heterocycles. The molecule has 5 heteroatoms. The molecule has 0 spiro atoms. The first-order valence-corrected chi connectivity index (χ1v) is 8.35. The number of nitrogens with one attached hydrogen (secondary N) is 3. The molecule has 0 radical (unpaired) electrons. The van der Waals surface area contributed by atoms with Crippen molar-refractivity contribution in [1.82, 2.24) is 10.6 Å². The Morgan fingerprint density at radius 1 is 1.00 bits per heavy atom. The summed E-state index contributed by atoms with van der Waals surface area (Å²) in [5.41, 5.74) is 0. The Morgan fingerprint density at radius 3 is 2.24 bits per heavy atom. The zero-order valence-electron chi connectivity index (χ0n) is 13.6. The van der Waals surface area contributed by atoms with Gasteiger partial charge in [0.2, 0.25) is 0 Å². The van der Waals surface area contributed by atoms with Crippen LogP contribution in [0.15, 0.2) is 0 Å². The predicted octanol–water partition coefficient (Wildman–Crippen LogP) is -0.279. The zero-order valence-corrected chi connectivity index (χ0v) is 13.6. The van der Waals surface area contributed by atoms with Crippen molar-refractivity contribution in [1.29, 1.82) is 0 Å². The minimum atomic E-state index is 0.0578. The lowest BCUT2D eigenvalue weighted by Crippen LogP contribution is -3.11. The van der Waals surface area contributed by atoms with E-state index >= 15 is 0 Å². The molecule has 120 valence electrons. The number of quaternary nitrogens is 1. The molecule has 2 aliphatic rings. The number of carbonyl (C=O) groups excluding carboxylic acids is 2. The molecule has 2 saturated carbocycles. The molecular weight excluding hydrogens is 266 g/mol. The third-order valence-electron chi connectivity index (χ3n) is 4.92. The van der Waals surface area contributed by atoms with Gasteiger partial charge in [-0.1, -0.05) is 26.7 Å². The fourth-order valence-electron chi connectivity index (χ4n) is 3.16. The predicted molar refractivity (Wildman–Crippen MR) is 81.9 cm³/mol. The SMILES string of the molecule is C[C@@H]1[C@H](C)CCC[C@@H]1NC(=O)C[NH+](C)CC(=O)NC1CC1. The van der Waals surface area contributed by atoms with Crippen molar-refractivity contribution in [3.63, 3.8) is 0 Å². The van der Waals surface area contributed by atoms with Gasteiger partial charge in [-0.3, -0.25) is 9.59 Å². The van der Waals surface area contributed by atoms with Gasteiger partial charge in [-0.25, -0.2) is 0 Å². The number of carbonyl (C=O) groups is 2. The van der Waals surface area contributed by atoms with E-state index in [0.717, 1.165) is 24.2 Å². The Hall–Kier alpha value is -1.10. The summed E-state index contributed by atoms with van der Waals surface area (Å²) in [6.07, 6.45) is 5.74. The molecule has 5 nitrogen and oxygen atoms in total. The Balaban J connectivity index is 1.68. The zero-order chi connectivity index (χ0) is 15.4. The molecule has 0 heterocycles. The molecule has 21 heavy (non-hydrogen) atoms. The number of rotatable bonds is 6. The molecule has 2 amide bonds. The standard InChI is InChI=1S/C16H29N3O2/c1-11-5-4-6-14(12(11)2)18-16(21)10-19(3)9-15(20)17-13-7-8-13/h11-14H,4-10H2,1-3H3,(H,17,20)(H,18,21)/p+1/t11-,12-,14+/m1/s1. The van der Waals surface area contributed by atoms with E-state index in [-0.39, 0.29) is 11.8 Å². The monoisotopic (exact) mass is 296 g/mol. The largest absolute Gasteiger partial charge is 0.348 e. The fourth-order valence-corrected chi connectivity index (χ4v) is 3.16. The quantitative estimate of drug-likeness (QED) is 0.631. The van der Waals surface area contributed by atoms with Gasteiger partial charge in [0.15, 0.2) is 13.1 Å². The lowest BCUT2D eigenvalue weighted by atomic mass is 9.78. The van der Waals surface area contributed by atoms with Crippen molar-refractivity contribution in [2.45, 2.75) is 58.0 Å². The van der Waals surface area contributed by atoms with Crippen LogP contribution >= 0.6 is 0 Å². The van der Waals surface area contributed by atoms with Crippen LogP contribution in [-0.4, -0.2) is 44.0 Å². The van der Waals surface area contributed by atoms with E-state index < -0.39 is 0 Å². The lowest BCUT2D eigenvalue weighted by Gasteiger charge is -2.34. The molecule has 0 saturated heterocycles. The summed E-state index contributed by atoms with van der Waals surface area (Å²) in [7, 11) is 1.90. The second kappa shape index (κ2) is 7.25. The van der Waals surface area contributed by atoms with Gasteiger partial charge >= 0.3 is 0 Å². The van der Waals surface area contributed by atoms with E-state index in [4.69, 9.17) is 0 Å². The van der Waals surface area contributed by atoms with Crippen LogP contribution in [0.5, 0.6) is 0 Å². The highest BCUT2D eigenvalue weighted by atomic mass is 16.2. The fraction of sp³-hybridized carbons (Fsp3) is 0.875. The number of hydrogen-bond donors (Lipinski definition) is 3. The third kappa shape index (κ3) is 5.30. The smallest absolute Gasteiger partial charge is 0.275 e. The maximum Gasteiger partial charge on any atom is 0.275 e. The summed E-state index contributed by atoms with van der Waals surface area (Å²) in [6, 6.07) is 0.693. The maximum atomic E-state index is 12.1. The van der Waals surface area contributed by atoms with E-state index in [2.05, 4.69) is 24.5 Å². The normalized spacial score (nSPS) is 30.5. The molecule has 0 bridgehead atoms. The number of likely N-dealkylation sites (N-methyl/N-ethyl adjacent to an activating group) is 1. The van der Waals surface area contributed by atoms with E-state index in [9.17, 15) is 9.59 Å². The lowest BCUT2D eigenvalue weighted by molar-refractivity contribution is -0.862. The van der Waals surface area contributed by atoms with Gasteiger partial charge in [0.05, 0.1) is 7.05 Å². The Morgan fingerprint density at radius 2 is 1.62 bits per heavy atom. The van der Waals surface area contributed by atoms with Crippen molar-refractivity contribution in [3.8, 4) is 0 Å². The minimum absolute atomic E-state index is 0.0578. The summed E-state index contributed by atoms with van der Waals surface area (Å²) in [5.74, 6) is 1.35. The minimum Gasteiger partial charge on any atom is -0.348 e. The molecule has 1 unspecified atom stereocenters. The molecule has 4 atom stereocenters. The highest BCUT2D eigenvalue weighted by molar-refractivity contribution is 5.79. The first kappa shape index (κ1) is 16.3. The highest BCUT2D eigenvalue weighted by Crippen LogP contribution is 2.29. The van der Waals surface area contributed by atoms with Crippen molar-refractivity contribution in [3.05, 3.63) is 0 Å². The molecular formula is C16H30N3O2+. The first-order chi connectivity index (χ1) is 9.95. The van der Waals surface area contributed by atoms with Gasteiger partial charge in [-0.05, 0) is 31.1 Å². The first-order valence-electron chi connectivity index (χ1n) is 8.35. The van der Waals surface area contributed by atoms with E-state index in [1.165, 1.54) is 12.8 Å². The summed E-state index contributed by atoms with van der Waals surface area (Å²) in [6.45, 7) is 5.24. The molecule has 2 fully saturated rings. The number of amides is 2. The topological polar surface area (TPSA) is 62.6 Å². The van der Waals surface area contributed by atoms with E-state index in [1.807, 2.05) is 7.05 Å². The second-order valence-corrected chi connectivity index (χ2v) is 7.09. The van der Waals surface area contributed by atoms with Crippen molar-refractivity contribution < 1.29 is 14.5 Å². The Labute approximate surface area is 127 Å². The maximum absolute atomic E-state index is 12.1. The van der Waals surface area contributed by atoms with Gasteiger partial charge < -0.3 is 15.5 Å². The van der Waals surface area contributed by atoms with Crippen LogP contribution in [0, 0.1) is 11.8 Å². The van der Waals surface area contributed by atoms with Gasteiger partial charge in [0.25, 0.3) is 11.8 Å². The van der Waals surface area contributed by atoms with Crippen molar-refractivity contribution in [2.24, 2.45) is 11.8 Å². The number of hydrogen-bond acceptors (Lipinski definition) is 2. The summed E-state index contributed by atoms with van der Waals surface area (Å²) in [5, 5.41) is 6.13. The summed E-state index contributed by atoms with van der Waals surface area (Å²) >= 11 is 0. The molecule has 0 aromatic rings. The van der Waals surface area contributed by atoms with Gasteiger partial charge in [-0.2, -0.15) is 0 Å². The van der Waals surface area contributed by atoms with Crippen LogP contribution in [0.3, 0.4) is 0 Å². The second-order valence-electron chi connectivity index (χ2n) is 7.09. The summed E-state index contributed by atoms with van der Waals surface area (Å²) < 4.78 is 0. The highest BCUT2D eigenvalue weighted by Gasteiger charge is 2.29. The van der Waals surface area contributed by atoms with Gasteiger partial charge in [-0.15, -0.1) is 0 Å². The van der Waals surface area contributed by atoms with Gasteiger partial charge in [0.1, 0.15) is 0 Å². The Kier molecular flexibility index (Phi) is 5.62. The van der Waals surface area contributed by atoms with Crippen molar-refractivity contribution in [2.75, 3.05) is 20.1 Å². The van der Waals surface area contributed by atoms with E-state index in [0.29, 0.717) is 37.0 Å². The molecule has 0 aliphatic heterocycles. The third-order valence-corrected chi connectivity index (χ3v) is 4.92. The molecule has 3 N–H and O–H groups in total. The molecule has 2 aliphatic carbocycles. The van der Waals surface area contributed by atoms with Crippen LogP contribution in [0.1, 0.15) is 46.0 Å². The van der Waals surface area contributed by atoms with Gasteiger partial charge in [0, 0.05) is 12.1 Å². The summed E-state index contributed by atoms with van der Waals surface area (Å²) in [4.78, 5) is 24.8.